The van der Waals surface area contributed by atoms with E-state index in [9.17, 15) is 23.6 Å². The molecule has 4 amide bonds. The molecule has 7 nitrogen and oxygen atoms in total. The van der Waals surface area contributed by atoms with Crippen molar-refractivity contribution in [2.24, 2.45) is 0 Å². The average molecular weight is 434 g/mol. The topological polar surface area (TPSA) is 86.8 Å². The van der Waals surface area contributed by atoms with E-state index in [1.54, 1.807) is 24.3 Å². The van der Waals surface area contributed by atoms with Crippen LogP contribution in [0.4, 0.5) is 14.9 Å². The molecule has 0 aliphatic carbocycles. The predicted molar refractivity (Wildman–Crippen MR) is 105 cm³/mol. The molecule has 1 unspecified atom stereocenters. The second kappa shape index (κ2) is 7.49. The maximum Gasteiger partial charge on any atom is 0.290 e. The van der Waals surface area contributed by atoms with Crippen LogP contribution < -0.4 is 5.32 Å². The van der Waals surface area contributed by atoms with E-state index in [2.05, 4.69) is 5.32 Å². The van der Waals surface area contributed by atoms with E-state index in [0.29, 0.717) is 16.8 Å². The molecule has 0 radical (unpaired) electrons. The number of hydrogen-bond acceptors (Lipinski definition) is 6. The molecule has 1 atom stereocenters. The van der Waals surface area contributed by atoms with Crippen LogP contribution >= 0.6 is 23.4 Å². The van der Waals surface area contributed by atoms with Crippen molar-refractivity contribution < 1.29 is 23.6 Å². The van der Waals surface area contributed by atoms with Gasteiger partial charge in [0, 0.05) is 18.8 Å². The maximum atomic E-state index is 13.3. The number of carbonyl (C=O) groups is 4. The molecule has 0 spiro atoms. The van der Waals surface area contributed by atoms with E-state index in [0.717, 1.165) is 27.6 Å². The zero-order valence-corrected chi connectivity index (χ0v) is 16.3. The van der Waals surface area contributed by atoms with E-state index in [4.69, 9.17) is 11.6 Å². The summed E-state index contributed by atoms with van der Waals surface area (Å²) < 4.78 is 13.3. The van der Waals surface area contributed by atoms with Gasteiger partial charge < -0.3 is 5.32 Å². The second-order valence-corrected chi connectivity index (χ2v) is 7.80. The molecule has 148 valence electrons. The van der Waals surface area contributed by atoms with Crippen molar-refractivity contribution >= 4 is 52.0 Å². The van der Waals surface area contributed by atoms with E-state index in [1.807, 2.05) is 0 Å². The molecule has 2 heterocycles. The normalized spacial score (nSPS) is 18.6. The Morgan fingerprint density at radius 3 is 2.21 bits per heavy atom. The summed E-state index contributed by atoms with van der Waals surface area (Å²) in [5.41, 5.74) is 0.995. The lowest BCUT2D eigenvalue weighted by Crippen LogP contribution is -2.41. The number of halogens is 2. The first-order valence-corrected chi connectivity index (χ1v) is 9.81. The van der Waals surface area contributed by atoms with Gasteiger partial charge in [-0.25, -0.2) is 4.39 Å². The Labute approximate surface area is 173 Å². The van der Waals surface area contributed by atoms with E-state index >= 15 is 0 Å². The molecular weight excluding hydrogens is 421 g/mol. The lowest BCUT2D eigenvalue weighted by atomic mass is 10.1. The van der Waals surface area contributed by atoms with Gasteiger partial charge >= 0.3 is 0 Å². The Bertz CT molecular complexity index is 1030. The van der Waals surface area contributed by atoms with Crippen molar-refractivity contribution in [2.75, 3.05) is 18.4 Å². The van der Waals surface area contributed by atoms with Gasteiger partial charge in [0.05, 0.1) is 16.1 Å². The first-order valence-electron chi connectivity index (χ1n) is 8.55. The molecule has 2 aliphatic heterocycles. The molecular formula is C19H13ClFN3O4S. The number of nitrogens with one attached hydrogen (secondary N) is 1. The first-order chi connectivity index (χ1) is 13.9. The third kappa shape index (κ3) is 3.47. The summed E-state index contributed by atoms with van der Waals surface area (Å²) >= 11 is 6.49. The minimum absolute atomic E-state index is 0.0977. The van der Waals surface area contributed by atoms with Crippen molar-refractivity contribution in [1.29, 1.82) is 0 Å². The van der Waals surface area contributed by atoms with Crippen LogP contribution in [-0.2, 0) is 4.79 Å². The summed E-state index contributed by atoms with van der Waals surface area (Å²) in [7, 11) is 0. The van der Waals surface area contributed by atoms with Crippen LogP contribution in [0.3, 0.4) is 0 Å². The first kappa shape index (κ1) is 19.4. The fourth-order valence-electron chi connectivity index (χ4n) is 3.12. The van der Waals surface area contributed by atoms with Crippen LogP contribution in [0.25, 0.3) is 0 Å². The number of benzene rings is 2. The molecule has 0 aromatic heterocycles. The minimum Gasteiger partial charge on any atom is -0.365 e. The number of rotatable bonds is 5. The third-order valence-electron chi connectivity index (χ3n) is 4.57. The third-order valence-corrected chi connectivity index (χ3v) is 5.84. The quantitative estimate of drug-likeness (QED) is 0.729. The fraction of sp³-hybridized carbons (Fsp3) is 0.158. The fourth-order valence-corrected chi connectivity index (χ4v) is 4.23. The highest BCUT2D eigenvalue weighted by atomic mass is 35.5. The van der Waals surface area contributed by atoms with Crippen molar-refractivity contribution in [3.8, 4) is 0 Å². The van der Waals surface area contributed by atoms with Gasteiger partial charge in [0.15, 0.2) is 5.37 Å². The average Bonchev–Trinajstić information content (AvgIpc) is 3.10. The Morgan fingerprint density at radius 2 is 1.59 bits per heavy atom. The largest absolute Gasteiger partial charge is 0.365 e. The van der Waals surface area contributed by atoms with E-state index in [1.165, 1.54) is 12.1 Å². The maximum absolute atomic E-state index is 13.3. The highest BCUT2D eigenvalue weighted by Crippen LogP contribution is 2.30. The van der Waals surface area contributed by atoms with Crippen molar-refractivity contribution in [3.63, 3.8) is 0 Å². The summed E-state index contributed by atoms with van der Waals surface area (Å²) in [4.78, 5) is 51.6. The number of hydrogen-bond donors (Lipinski definition) is 1. The molecule has 2 aliphatic rings. The molecule has 10 heteroatoms. The molecule has 1 saturated heterocycles. The Balaban J connectivity index is 1.42. The summed E-state index contributed by atoms with van der Waals surface area (Å²) in [5.74, 6) is -2.01. The van der Waals surface area contributed by atoms with Crippen molar-refractivity contribution in [2.45, 2.75) is 5.37 Å². The van der Waals surface area contributed by atoms with E-state index in [-0.39, 0.29) is 18.1 Å². The Kier molecular flexibility index (Phi) is 5.01. The van der Waals surface area contributed by atoms with Gasteiger partial charge in [-0.05, 0) is 42.1 Å². The summed E-state index contributed by atoms with van der Waals surface area (Å²) in [6, 6.07) is 10.3. The van der Waals surface area contributed by atoms with E-state index < -0.39 is 34.2 Å². The lowest BCUT2D eigenvalue weighted by molar-refractivity contribution is -0.126. The number of thioether (sulfide) groups is 1. The molecule has 2 aromatic rings. The molecule has 2 aromatic carbocycles. The molecule has 4 rings (SSSR count). The molecule has 1 N–H and O–H groups in total. The number of anilines is 1. The van der Waals surface area contributed by atoms with Crippen LogP contribution in [0, 0.1) is 5.82 Å². The summed E-state index contributed by atoms with van der Waals surface area (Å²) in [6.45, 7) is -0.210. The van der Waals surface area contributed by atoms with Gasteiger partial charge in [-0.1, -0.05) is 23.7 Å². The van der Waals surface area contributed by atoms with Crippen LogP contribution in [0.1, 0.15) is 20.7 Å². The minimum atomic E-state index is -0.911. The van der Waals surface area contributed by atoms with Crippen molar-refractivity contribution in [1.82, 2.24) is 9.80 Å². The smallest absolute Gasteiger partial charge is 0.290 e. The summed E-state index contributed by atoms with van der Waals surface area (Å²) in [5, 5.41) is 1.31. The van der Waals surface area contributed by atoms with Crippen molar-refractivity contribution in [3.05, 3.63) is 64.4 Å². The predicted octanol–water partition coefficient (Wildman–Crippen LogP) is 3.21. The van der Waals surface area contributed by atoms with Gasteiger partial charge in [-0.2, -0.15) is 0 Å². The van der Waals surface area contributed by atoms with Crippen LogP contribution in [0.15, 0.2) is 42.5 Å². The monoisotopic (exact) mass is 433 g/mol. The summed E-state index contributed by atoms with van der Waals surface area (Å²) in [6.07, 6.45) is 0. The lowest BCUT2D eigenvalue weighted by Gasteiger charge is -2.19. The Hall–Kier alpha value is -2.91. The molecule has 1 fully saturated rings. The number of amides is 4. The van der Waals surface area contributed by atoms with Gasteiger partial charge in [-0.3, -0.25) is 29.0 Å². The number of carbonyl (C=O) groups excluding carboxylic acids is 4. The van der Waals surface area contributed by atoms with Gasteiger partial charge in [0.1, 0.15) is 5.82 Å². The molecule has 0 saturated carbocycles. The van der Waals surface area contributed by atoms with Crippen LogP contribution in [0.2, 0.25) is 5.02 Å². The highest BCUT2D eigenvalue weighted by molar-refractivity contribution is 8.15. The number of imide groups is 2. The zero-order chi connectivity index (χ0) is 20.7. The second-order valence-electron chi connectivity index (χ2n) is 6.33. The van der Waals surface area contributed by atoms with Crippen LogP contribution in [0.5, 0.6) is 0 Å². The Morgan fingerprint density at radius 1 is 0.966 bits per heavy atom. The van der Waals surface area contributed by atoms with Gasteiger partial charge in [0.2, 0.25) is 0 Å². The molecule has 29 heavy (non-hydrogen) atoms. The molecule has 0 bridgehead atoms. The zero-order valence-electron chi connectivity index (χ0n) is 14.7. The standard InChI is InChI=1S/C19H13ClFN3O4S/c20-13-9-10(5-6-14(13)21)22-15-18(27)24(19(28)29-15)8-7-23-16(25)11-3-1-2-4-12(11)17(23)26/h1-6,9,15,22H,7-8H2. The van der Waals surface area contributed by atoms with Gasteiger partial charge in [0.25, 0.3) is 23.0 Å². The highest BCUT2D eigenvalue weighted by Gasteiger charge is 2.41. The number of nitrogens with zero attached hydrogens (tertiary/aromatic N) is 2. The van der Waals surface area contributed by atoms with Gasteiger partial charge in [-0.15, -0.1) is 0 Å². The number of fused-ring (bicyclic) bond motifs is 1. The van der Waals surface area contributed by atoms with Crippen LogP contribution in [-0.4, -0.2) is 51.2 Å². The SMILES string of the molecule is O=C1SC(Nc2ccc(F)c(Cl)c2)C(=O)N1CCN1C(=O)c2ccccc2C1=O.